The molecule has 0 fully saturated rings. The van der Waals surface area contributed by atoms with Gasteiger partial charge in [0, 0.05) is 23.3 Å². The van der Waals surface area contributed by atoms with Crippen LogP contribution in [-0.2, 0) is 0 Å². The average Bonchev–Trinajstić information content (AvgIpc) is 3.15. The summed E-state index contributed by atoms with van der Waals surface area (Å²) in [7, 11) is 0. The Bertz CT molecular complexity index is 1120. The van der Waals surface area contributed by atoms with Crippen LogP contribution in [0.25, 0.3) is 22.4 Å². The van der Waals surface area contributed by atoms with E-state index in [4.69, 9.17) is 15.2 Å². The number of anilines is 1. The van der Waals surface area contributed by atoms with Crippen LogP contribution < -0.4 is 15.2 Å². The number of aromatic nitrogens is 1. The molecule has 4 rings (SSSR count). The summed E-state index contributed by atoms with van der Waals surface area (Å²) in [4.78, 5) is 14.8. The van der Waals surface area contributed by atoms with Gasteiger partial charge in [-0.05, 0) is 23.8 Å². The molecule has 0 amide bonds. The molecule has 2 heterocycles. The molecule has 0 unspecified atom stereocenters. The molecule has 2 N–H and O–H groups in total. The molecule has 27 heavy (non-hydrogen) atoms. The molecule has 132 valence electrons. The number of nitriles is 1. The van der Waals surface area contributed by atoms with Gasteiger partial charge < -0.3 is 15.2 Å². The topological polar surface area (TPSA) is 124 Å². The van der Waals surface area contributed by atoms with Crippen molar-refractivity contribution in [1.82, 2.24) is 4.98 Å². The van der Waals surface area contributed by atoms with Crippen LogP contribution in [0.1, 0.15) is 5.56 Å². The molecule has 0 aliphatic carbocycles. The zero-order chi connectivity index (χ0) is 19.0. The van der Waals surface area contributed by atoms with Crippen molar-refractivity contribution in [2.45, 2.75) is 0 Å². The summed E-state index contributed by atoms with van der Waals surface area (Å²) in [5.74, 6) is 1.25. The normalized spacial score (nSPS) is 11.8. The zero-order valence-electron chi connectivity index (χ0n) is 13.9. The van der Waals surface area contributed by atoms with Gasteiger partial charge in [-0.2, -0.15) is 5.26 Å². The molecular weight excluding hydrogens is 348 g/mol. The van der Waals surface area contributed by atoms with Gasteiger partial charge in [-0.1, -0.05) is 18.2 Å². The number of pyridine rings is 1. The van der Waals surface area contributed by atoms with Gasteiger partial charge in [0.05, 0.1) is 10.6 Å². The first-order valence-electron chi connectivity index (χ1n) is 7.92. The second-order valence-electron chi connectivity index (χ2n) is 5.80. The van der Waals surface area contributed by atoms with Crippen molar-refractivity contribution < 1.29 is 14.4 Å². The molecule has 1 aliphatic heterocycles. The number of rotatable bonds is 3. The molecule has 2 aromatic carbocycles. The summed E-state index contributed by atoms with van der Waals surface area (Å²) in [6.45, 7) is 0.140. The summed E-state index contributed by atoms with van der Waals surface area (Å²) in [6.07, 6.45) is 0. The molecule has 1 aromatic heterocycles. The van der Waals surface area contributed by atoms with Crippen molar-refractivity contribution >= 4 is 11.5 Å². The third-order valence-corrected chi connectivity index (χ3v) is 4.20. The zero-order valence-corrected chi connectivity index (χ0v) is 13.9. The van der Waals surface area contributed by atoms with Gasteiger partial charge in [-0.15, -0.1) is 0 Å². The van der Waals surface area contributed by atoms with Crippen LogP contribution in [0.2, 0.25) is 0 Å². The van der Waals surface area contributed by atoms with E-state index in [0.717, 1.165) is 0 Å². The molecule has 3 aromatic rings. The number of nitro groups is 1. The smallest absolute Gasteiger partial charge is 0.270 e. The number of fused-ring (bicyclic) bond motifs is 1. The number of hydrogen-bond acceptors (Lipinski definition) is 7. The fraction of sp³-hybridized carbons (Fsp3) is 0.0526. The van der Waals surface area contributed by atoms with Gasteiger partial charge in [-0.3, -0.25) is 10.1 Å². The summed E-state index contributed by atoms with van der Waals surface area (Å²) < 4.78 is 10.7. The first kappa shape index (κ1) is 16.4. The first-order chi connectivity index (χ1) is 13.1. The minimum absolute atomic E-state index is 0.0502. The largest absolute Gasteiger partial charge is 0.454 e. The van der Waals surface area contributed by atoms with Crippen LogP contribution >= 0.6 is 0 Å². The summed E-state index contributed by atoms with van der Waals surface area (Å²) in [6, 6.07) is 15.1. The van der Waals surface area contributed by atoms with Crippen molar-refractivity contribution in [3.63, 3.8) is 0 Å². The monoisotopic (exact) mass is 360 g/mol. The van der Waals surface area contributed by atoms with Gasteiger partial charge in [-0.25, -0.2) is 4.98 Å². The Hall–Kier alpha value is -4.12. The highest BCUT2D eigenvalue weighted by Gasteiger charge is 2.18. The quantitative estimate of drug-likeness (QED) is 0.560. The number of nitrogens with zero attached hydrogens (tertiary/aromatic N) is 3. The predicted molar refractivity (Wildman–Crippen MR) is 97.0 cm³/mol. The van der Waals surface area contributed by atoms with Crippen LogP contribution in [0.15, 0.2) is 48.5 Å². The van der Waals surface area contributed by atoms with Gasteiger partial charge >= 0.3 is 0 Å². The van der Waals surface area contributed by atoms with Gasteiger partial charge in [0.25, 0.3) is 5.69 Å². The van der Waals surface area contributed by atoms with Crippen LogP contribution in [0, 0.1) is 21.4 Å². The Morgan fingerprint density at radius 3 is 2.70 bits per heavy atom. The van der Waals surface area contributed by atoms with Gasteiger partial charge in [0.1, 0.15) is 17.5 Å². The van der Waals surface area contributed by atoms with Crippen LogP contribution in [0.5, 0.6) is 11.5 Å². The maximum atomic E-state index is 11.0. The van der Waals surface area contributed by atoms with E-state index in [1.807, 2.05) is 0 Å². The van der Waals surface area contributed by atoms with Crippen molar-refractivity contribution in [1.29, 1.82) is 5.26 Å². The van der Waals surface area contributed by atoms with E-state index >= 15 is 0 Å². The molecule has 0 bridgehead atoms. The number of ether oxygens (including phenoxy) is 2. The lowest BCUT2D eigenvalue weighted by Crippen LogP contribution is -2.00. The maximum absolute atomic E-state index is 11.0. The van der Waals surface area contributed by atoms with Crippen molar-refractivity contribution in [3.8, 4) is 40.0 Å². The minimum atomic E-state index is -0.477. The van der Waals surface area contributed by atoms with Crippen LogP contribution in [-0.4, -0.2) is 16.7 Å². The third kappa shape index (κ3) is 2.87. The Labute approximate surface area is 153 Å². The van der Waals surface area contributed by atoms with Crippen molar-refractivity contribution in [3.05, 3.63) is 64.2 Å². The Balaban J connectivity index is 1.88. The van der Waals surface area contributed by atoms with Crippen LogP contribution in [0.4, 0.5) is 11.5 Å². The fourth-order valence-electron chi connectivity index (χ4n) is 2.90. The van der Waals surface area contributed by atoms with E-state index < -0.39 is 4.92 Å². The number of hydrogen-bond donors (Lipinski definition) is 1. The van der Waals surface area contributed by atoms with Gasteiger partial charge in [0.2, 0.25) is 6.79 Å². The van der Waals surface area contributed by atoms with E-state index in [1.54, 1.807) is 36.4 Å². The lowest BCUT2D eigenvalue weighted by atomic mass is 9.98. The Morgan fingerprint density at radius 1 is 1.11 bits per heavy atom. The van der Waals surface area contributed by atoms with E-state index in [9.17, 15) is 15.4 Å². The summed E-state index contributed by atoms with van der Waals surface area (Å²) >= 11 is 0. The van der Waals surface area contributed by atoms with E-state index in [0.29, 0.717) is 33.9 Å². The number of non-ortho nitro benzene ring substituents is 1. The highest BCUT2D eigenvalue weighted by atomic mass is 16.7. The second-order valence-corrected chi connectivity index (χ2v) is 5.80. The lowest BCUT2D eigenvalue weighted by Gasteiger charge is -2.11. The molecule has 1 aliphatic rings. The molecule has 8 heteroatoms. The molecule has 8 nitrogen and oxygen atoms in total. The molecular formula is C19H12N4O4. The van der Waals surface area contributed by atoms with E-state index in [1.165, 1.54) is 12.1 Å². The van der Waals surface area contributed by atoms with Crippen molar-refractivity contribution in [2.75, 3.05) is 12.5 Å². The number of nitro benzene ring substituents is 1. The molecule has 0 atom stereocenters. The highest BCUT2D eigenvalue weighted by molar-refractivity contribution is 5.81. The number of nitrogen functional groups attached to an aromatic ring is 1. The third-order valence-electron chi connectivity index (χ3n) is 4.20. The standard InChI is InChI=1S/C19H12N4O4/c20-9-15-14(11-4-5-17-18(7-11)27-10-26-17)8-16(22-19(15)21)12-2-1-3-13(6-12)23(24)25/h1-8H,10H2,(H2,21,22). The minimum Gasteiger partial charge on any atom is -0.454 e. The van der Waals surface area contributed by atoms with Gasteiger partial charge in [0.15, 0.2) is 11.5 Å². The van der Waals surface area contributed by atoms with E-state index in [-0.39, 0.29) is 23.9 Å². The first-order valence-corrected chi connectivity index (χ1v) is 7.92. The lowest BCUT2D eigenvalue weighted by molar-refractivity contribution is -0.384. The predicted octanol–water partition coefficient (Wildman–Crippen LogP) is 3.51. The number of nitrogens with two attached hydrogens (primary N) is 1. The molecule has 0 saturated carbocycles. The molecule has 0 spiro atoms. The average molecular weight is 360 g/mol. The summed E-state index contributed by atoms with van der Waals surface area (Å²) in [5.41, 5.74) is 8.39. The van der Waals surface area contributed by atoms with E-state index in [2.05, 4.69) is 11.1 Å². The van der Waals surface area contributed by atoms with Crippen molar-refractivity contribution in [2.24, 2.45) is 0 Å². The molecule has 0 radical (unpaired) electrons. The Morgan fingerprint density at radius 2 is 1.93 bits per heavy atom. The second kappa shape index (κ2) is 6.31. The maximum Gasteiger partial charge on any atom is 0.270 e. The fourth-order valence-corrected chi connectivity index (χ4v) is 2.90. The van der Waals surface area contributed by atoms with Crippen LogP contribution in [0.3, 0.4) is 0 Å². The Kier molecular flexibility index (Phi) is 3.82. The highest BCUT2D eigenvalue weighted by Crippen LogP contribution is 2.38. The summed E-state index contributed by atoms with van der Waals surface area (Å²) in [5, 5.41) is 20.6. The molecule has 0 saturated heterocycles. The SMILES string of the molecule is N#Cc1c(-c2ccc3c(c2)OCO3)cc(-c2cccc([N+](=O)[O-])c2)nc1N. The number of benzene rings is 2.